The van der Waals surface area contributed by atoms with E-state index in [1.807, 2.05) is 13.8 Å². The van der Waals surface area contributed by atoms with Crippen molar-refractivity contribution in [2.24, 2.45) is 11.8 Å². The zero-order valence-corrected chi connectivity index (χ0v) is 20.0. The lowest BCUT2D eigenvalue weighted by molar-refractivity contribution is -0.139. The van der Waals surface area contributed by atoms with Crippen LogP contribution in [0, 0.1) is 11.8 Å². The summed E-state index contributed by atoms with van der Waals surface area (Å²) < 4.78 is 0. The number of rotatable bonds is 8. The molecule has 33 heavy (non-hydrogen) atoms. The van der Waals surface area contributed by atoms with Gasteiger partial charge in [-0.1, -0.05) is 12.1 Å². The van der Waals surface area contributed by atoms with Crippen LogP contribution in [0.25, 0.3) is 0 Å². The highest BCUT2D eigenvalue weighted by Gasteiger charge is 2.38. The fourth-order valence-corrected chi connectivity index (χ4v) is 4.77. The van der Waals surface area contributed by atoms with Crippen molar-refractivity contribution in [1.82, 2.24) is 15.5 Å². The van der Waals surface area contributed by atoms with E-state index in [0.29, 0.717) is 25.8 Å². The van der Waals surface area contributed by atoms with E-state index >= 15 is 0 Å². The molecular formula is C24H33N3O5S. The lowest BCUT2D eigenvalue weighted by Gasteiger charge is -2.31. The second-order valence-corrected chi connectivity index (χ2v) is 10.00. The average molecular weight is 476 g/mol. The Morgan fingerprint density at radius 3 is 2.27 bits per heavy atom. The Morgan fingerprint density at radius 2 is 1.73 bits per heavy atom. The Bertz CT molecular complexity index is 881. The number of likely N-dealkylation sites (tertiary alicyclic amines) is 1. The highest BCUT2D eigenvalue weighted by molar-refractivity contribution is 7.81. The fourth-order valence-electron chi connectivity index (χ4n) is 4.47. The molecule has 1 aliphatic heterocycles. The van der Waals surface area contributed by atoms with E-state index in [1.165, 1.54) is 4.90 Å². The monoisotopic (exact) mass is 475 g/mol. The van der Waals surface area contributed by atoms with E-state index in [-0.39, 0.29) is 53.7 Å². The van der Waals surface area contributed by atoms with E-state index < -0.39 is 11.3 Å². The third kappa shape index (κ3) is 6.72. The van der Waals surface area contributed by atoms with Gasteiger partial charge in [0.05, 0.1) is 5.25 Å². The second-order valence-electron chi connectivity index (χ2n) is 9.38. The van der Waals surface area contributed by atoms with Crippen LogP contribution in [0.15, 0.2) is 24.3 Å². The Balaban J connectivity index is 1.56. The minimum Gasteiger partial charge on any atom is -0.508 e. The highest BCUT2D eigenvalue weighted by atomic mass is 32.1. The Kier molecular flexibility index (Phi) is 8.40. The normalized spacial score (nSPS) is 24.1. The molecule has 9 heteroatoms. The van der Waals surface area contributed by atoms with E-state index in [9.17, 15) is 24.3 Å². The van der Waals surface area contributed by atoms with Crippen LogP contribution >= 0.6 is 12.6 Å². The lowest BCUT2D eigenvalue weighted by Crippen LogP contribution is -2.51. The molecule has 0 bridgehead atoms. The number of hydrogen-bond donors (Lipinski definition) is 4. The molecule has 180 valence electrons. The summed E-state index contributed by atoms with van der Waals surface area (Å²) in [5.74, 6) is -0.683. The maximum atomic E-state index is 13.0. The third-order valence-electron chi connectivity index (χ3n) is 6.32. The summed E-state index contributed by atoms with van der Waals surface area (Å²) in [7, 11) is 0. The number of carbonyl (C=O) groups excluding carboxylic acids is 4. The number of phenols is 1. The molecule has 2 aliphatic rings. The maximum Gasteiger partial charge on any atom is 0.243 e. The number of aromatic hydroxyl groups is 1. The molecule has 2 fully saturated rings. The third-order valence-corrected chi connectivity index (χ3v) is 6.72. The molecule has 2 atom stereocenters. The lowest BCUT2D eigenvalue weighted by atomic mass is 9.81. The molecule has 0 spiro atoms. The number of hydrogen-bond acceptors (Lipinski definition) is 6. The van der Waals surface area contributed by atoms with Gasteiger partial charge in [-0.2, -0.15) is 12.6 Å². The number of phenolic OH excluding ortho intramolecular Hbond substituents is 1. The van der Waals surface area contributed by atoms with Crippen molar-refractivity contribution in [3.05, 3.63) is 29.8 Å². The summed E-state index contributed by atoms with van der Waals surface area (Å²) in [5, 5.41) is 14.7. The molecule has 1 saturated heterocycles. The minimum absolute atomic E-state index is 0.0555. The second kappa shape index (κ2) is 11.0. The van der Waals surface area contributed by atoms with Crippen LogP contribution < -0.4 is 10.6 Å². The van der Waals surface area contributed by atoms with Gasteiger partial charge in [0.2, 0.25) is 23.6 Å². The Hall–Kier alpha value is -2.55. The first-order valence-electron chi connectivity index (χ1n) is 11.5. The summed E-state index contributed by atoms with van der Waals surface area (Å²) in [6.07, 6.45) is 3.26. The van der Waals surface area contributed by atoms with Gasteiger partial charge in [-0.15, -0.1) is 0 Å². The predicted molar refractivity (Wildman–Crippen MR) is 127 cm³/mol. The number of nitrogens with one attached hydrogen (secondary N) is 2. The van der Waals surface area contributed by atoms with Crippen LogP contribution in [0.4, 0.5) is 0 Å². The van der Waals surface area contributed by atoms with Gasteiger partial charge in [-0.05, 0) is 63.1 Å². The summed E-state index contributed by atoms with van der Waals surface area (Å²) in [4.78, 5) is 51.1. The van der Waals surface area contributed by atoms with Crippen molar-refractivity contribution < 1.29 is 24.3 Å². The van der Waals surface area contributed by atoms with Crippen molar-refractivity contribution in [3.63, 3.8) is 0 Å². The van der Waals surface area contributed by atoms with Gasteiger partial charge in [-0.25, -0.2) is 0 Å². The molecule has 3 rings (SSSR count). The van der Waals surface area contributed by atoms with Crippen LogP contribution in [0.1, 0.15) is 51.5 Å². The molecule has 0 aromatic heterocycles. The van der Waals surface area contributed by atoms with Gasteiger partial charge in [0, 0.05) is 31.3 Å². The summed E-state index contributed by atoms with van der Waals surface area (Å²) in [5.41, 5.74) is 0.836. The molecular weight excluding hydrogens is 442 g/mol. The van der Waals surface area contributed by atoms with Gasteiger partial charge >= 0.3 is 0 Å². The topological polar surface area (TPSA) is 116 Å². The van der Waals surface area contributed by atoms with Gasteiger partial charge in [0.1, 0.15) is 11.8 Å². The van der Waals surface area contributed by atoms with Crippen LogP contribution in [-0.2, 0) is 25.6 Å². The molecule has 1 heterocycles. The number of carbonyl (C=O) groups is 4. The minimum atomic E-state index is -0.714. The highest BCUT2D eigenvalue weighted by Crippen LogP contribution is 2.31. The molecule has 1 aliphatic carbocycles. The predicted octanol–water partition coefficient (Wildman–Crippen LogP) is 1.81. The molecule has 3 N–H and O–H groups in total. The van der Waals surface area contributed by atoms with Crippen LogP contribution in [0.5, 0.6) is 5.75 Å². The van der Waals surface area contributed by atoms with E-state index in [2.05, 4.69) is 23.3 Å². The quantitative estimate of drug-likeness (QED) is 0.338. The molecule has 0 radical (unpaired) electrons. The van der Waals surface area contributed by atoms with Gasteiger partial charge < -0.3 is 15.7 Å². The van der Waals surface area contributed by atoms with E-state index in [1.54, 1.807) is 24.3 Å². The van der Waals surface area contributed by atoms with Gasteiger partial charge in [0.25, 0.3) is 0 Å². The molecule has 1 aromatic rings. The van der Waals surface area contributed by atoms with Crippen LogP contribution in [-0.4, -0.2) is 57.5 Å². The van der Waals surface area contributed by atoms with Gasteiger partial charge in [-0.3, -0.25) is 24.1 Å². The van der Waals surface area contributed by atoms with Crippen molar-refractivity contribution in [2.45, 2.75) is 69.7 Å². The largest absolute Gasteiger partial charge is 0.508 e. The molecule has 8 nitrogen and oxygen atoms in total. The number of imide groups is 1. The SMILES string of the molecule is CC(C)NC(=O)C(Cc1ccc(O)cc1)NC(=O)C1CCC(CN2C(=O)CC(S)C2=O)CC1. The van der Waals surface area contributed by atoms with E-state index in [4.69, 9.17) is 0 Å². The fraction of sp³-hybridized carbons (Fsp3) is 0.583. The van der Waals surface area contributed by atoms with Crippen molar-refractivity contribution in [3.8, 4) is 5.75 Å². The average Bonchev–Trinajstić information content (AvgIpc) is 3.00. The first-order chi connectivity index (χ1) is 15.6. The van der Waals surface area contributed by atoms with Crippen molar-refractivity contribution in [1.29, 1.82) is 0 Å². The first-order valence-corrected chi connectivity index (χ1v) is 12.1. The summed E-state index contributed by atoms with van der Waals surface area (Å²) in [6, 6.07) is 5.81. The van der Waals surface area contributed by atoms with Gasteiger partial charge in [0.15, 0.2) is 0 Å². The van der Waals surface area contributed by atoms with E-state index in [0.717, 1.165) is 18.4 Å². The maximum absolute atomic E-state index is 13.0. The first kappa shape index (κ1) is 25.1. The van der Waals surface area contributed by atoms with Crippen LogP contribution in [0.3, 0.4) is 0 Å². The smallest absolute Gasteiger partial charge is 0.243 e. The molecule has 1 saturated carbocycles. The number of thiol groups is 1. The number of amides is 4. The van der Waals surface area contributed by atoms with Crippen molar-refractivity contribution >= 4 is 36.3 Å². The summed E-state index contributed by atoms with van der Waals surface area (Å²) in [6.45, 7) is 4.12. The molecule has 4 amide bonds. The molecule has 2 unspecified atom stereocenters. The summed E-state index contributed by atoms with van der Waals surface area (Å²) >= 11 is 4.16. The standard InChI is InChI=1S/C24H33N3O5S/c1-14(2)25-23(31)19(11-15-5-9-18(28)10-6-15)26-22(30)17-7-3-16(4-8-17)13-27-21(29)12-20(33)24(27)32/h5-6,9-10,14,16-17,19-20,28,33H,3-4,7-8,11-13H2,1-2H3,(H,25,31)(H,26,30). The number of nitrogens with zero attached hydrogens (tertiary/aromatic N) is 1. The molecule has 1 aromatic carbocycles. The number of benzene rings is 1. The Labute approximate surface area is 199 Å². The zero-order chi connectivity index (χ0) is 24.1. The van der Waals surface area contributed by atoms with Crippen molar-refractivity contribution in [2.75, 3.05) is 6.54 Å². The van der Waals surface area contributed by atoms with Crippen LogP contribution in [0.2, 0.25) is 0 Å². The zero-order valence-electron chi connectivity index (χ0n) is 19.1. The Morgan fingerprint density at radius 1 is 1.09 bits per heavy atom.